The number of amides is 1. The molecule has 3 rings (SSSR count). The van der Waals surface area contributed by atoms with Gasteiger partial charge in [-0.2, -0.15) is 0 Å². The second kappa shape index (κ2) is 9.86. The fourth-order valence-corrected chi connectivity index (χ4v) is 5.55. The second-order valence-corrected chi connectivity index (χ2v) is 10.3. The average Bonchev–Trinajstić information content (AvgIpc) is 2.76. The monoisotopic (exact) mass is 442 g/mol. The first kappa shape index (κ1) is 23.3. The quantitative estimate of drug-likeness (QED) is 0.652. The predicted molar refractivity (Wildman–Crippen MR) is 127 cm³/mol. The molecule has 168 valence electrons. The van der Waals surface area contributed by atoms with Gasteiger partial charge in [0.15, 0.2) is 0 Å². The summed E-state index contributed by atoms with van der Waals surface area (Å²) in [5, 5.41) is 3.09. The molecule has 1 aliphatic carbocycles. The van der Waals surface area contributed by atoms with Gasteiger partial charge in [-0.1, -0.05) is 44.2 Å². The maximum atomic E-state index is 13.1. The van der Waals surface area contributed by atoms with Crippen LogP contribution in [-0.2, 0) is 34.1 Å². The Hall–Kier alpha value is -2.34. The summed E-state index contributed by atoms with van der Waals surface area (Å²) in [6.45, 7) is 5.72. The van der Waals surface area contributed by atoms with Crippen LogP contribution in [0.5, 0.6) is 0 Å². The fraction of sp³-hybridized carbons (Fsp3) is 0.480. The SMILES string of the molecule is CCc1ccc(N(C(C)C(=O)NC(CC)c2ccc3c(c2)CCCC3)S(C)(=O)=O)cc1. The standard InChI is InChI=1S/C25H34N2O3S/c1-5-19-11-15-23(16-12-19)27(31(4,29)30)18(3)25(28)26-24(6-2)22-14-13-20-9-7-8-10-21(20)17-22/h11-18,24H,5-10H2,1-4H3,(H,26,28). The first-order chi connectivity index (χ1) is 14.7. The zero-order valence-electron chi connectivity index (χ0n) is 19.0. The average molecular weight is 443 g/mol. The Morgan fingerprint density at radius 1 is 1.03 bits per heavy atom. The van der Waals surface area contributed by atoms with Crippen LogP contribution in [0.1, 0.15) is 68.3 Å². The number of carbonyl (C=O) groups is 1. The highest BCUT2D eigenvalue weighted by Crippen LogP contribution is 2.27. The lowest BCUT2D eigenvalue weighted by Gasteiger charge is -2.30. The minimum atomic E-state index is -3.63. The minimum Gasteiger partial charge on any atom is -0.347 e. The van der Waals surface area contributed by atoms with Gasteiger partial charge < -0.3 is 5.32 Å². The number of hydrogen-bond acceptors (Lipinski definition) is 3. The summed E-state index contributed by atoms with van der Waals surface area (Å²) in [7, 11) is -3.63. The molecule has 0 saturated carbocycles. The summed E-state index contributed by atoms with van der Waals surface area (Å²) in [4.78, 5) is 13.1. The van der Waals surface area contributed by atoms with Crippen LogP contribution in [0, 0.1) is 0 Å². The molecule has 0 aliphatic heterocycles. The molecule has 2 aromatic rings. The van der Waals surface area contributed by atoms with Crippen molar-refractivity contribution < 1.29 is 13.2 Å². The van der Waals surface area contributed by atoms with Crippen molar-refractivity contribution in [3.05, 3.63) is 64.7 Å². The number of nitrogens with zero attached hydrogens (tertiary/aromatic N) is 1. The molecule has 0 spiro atoms. The van der Waals surface area contributed by atoms with Crippen molar-refractivity contribution in [3.63, 3.8) is 0 Å². The molecule has 31 heavy (non-hydrogen) atoms. The van der Waals surface area contributed by atoms with Gasteiger partial charge in [0.1, 0.15) is 6.04 Å². The van der Waals surface area contributed by atoms with Crippen molar-refractivity contribution in [3.8, 4) is 0 Å². The highest BCUT2D eigenvalue weighted by atomic mass is 32.2. The maximum Gasteiger partial charge on any atom is 0.244 e. The molecule has 1 amide bonds. The Morgan fingerprint density at radius 2 is 1.68 bits per heavy atom. The van der Waals surface area contributed by atoms with Gasteiger partial charge in [-0.3, -0.25) is 9.10 Å². The van der Waals surface area contributed by atoms with E-state index in [0.717, 1.165) is 43.1 Å². The number of carbonyl (C=O) groups excluding carboxylic acids is 1. The van der Waals surface area contributed by atoms with Gasteiger partial charge in [-0.15, -0.1) is 0 Å². The fourth-order valence-electron chi connectivity index (χ4n) is 4.37. The van der Waals surface area contributed by atoms with E-state index in [1.165, 1.54) is 28.3 Å². The molecule has 5 nitrogen and oxygen atoms in total. The van der Waals surface area contributed by atoms with Crippen LogP contribution in [0.3, 0.4) is 0 Å². The van der Waals surface area contributed by atoms with Crippen LogP contribution >= 0.6 is 0 Å². The molecule has 0 bridgehead atoms. The Kier molecular flexibility index (Phi) is 7.42. The third kappa shape index (κ3) is 5.48. The van der Waals surface area contributed by atoms with Gasteiger partial charge in [0, 0.05) is 0 Å². The zero-order chi connectivity index (χ0) is 22.6. The lowest BCUT2D eigenvalue weighted by Crippen LogP contribution is -2.48. The van der Waals surface area contributed by atoms with Crippen molar-refractivity contribution in [2.45, 2.75) is 71.4 Å². The van der Waals surface area contributed by atoms with E-state index in [4.69, 9.17) is 0 Å². The van der Waals surface area contributed by atoms with Gasteiger partial charge in [-0.05, 0) is 79.8 Å². The Balaban J connectivity index is 1.81. The normalized spacial score (nSPS) is 15.6. The van der Waals surface area contributed by atoms with Gasteiger partial charge in [0.25, 0.3) is 0 Å². The number of rotatable bonds is 8. The van der Waals surface area contributed by atoms with Gasteiger partial charge in [0.2, 0.25) is 15.9 Å². The van der Waals surface area contributed by atoms with E-state index in [9.17, 15) is 13.2 Å². The molecule has 1 aliphatic rings. The molecule has 2 atom stereocenters. The van der Waals surface area contributed by atoms with Crippen molar-refractivity contribution >= 4 is 21.6 Å². The molecule has 0 aromatic heterocycles. The van der Waals surface area contributed by atoms with Crippen molar-refractivity contribution in [1.82, 2.24) is 5.32 Å². The van der Waals surface area contributed by atoms with E-state index in [-0.39, 0.29) is 11.9 Å². The van der Waals surface area contributed by atoms with Gasteiger partial charge in [-0.25, -0.2) is 8.42 Å². The smallest absolute Gasteiger partial charge is 0.244 e. The van der Waals surface area contributed by atoms with Crippen molar-refractivity contribution in [2.75, 3.05) is 10.6 Å². The summed E-state index contributed by atoms with van der Waals surface area (Å²) in [6, 6.07) is 12.8. The van der Waals surface area contributed by atoms with Crippen LogP contribution in [0.2, 0.25) is 0 Å². The minimum absolute atomic E-state index is 0.147. The first-order valence-corrected chi connectivity index (χ1v) is 13.1. The van der Waals surface area contributed by atoms with Crippen LogP contribution in [-0.4, -0.2) is 26.6 Å². The van der Waals surface area contributed by atoms with Crippen LogP contribution in [0.15, 0.2) is 42.5 Å². The Morgan fingerprint density at radius 3 is 2.26 bits per heavy atom. The highest BCUT2D eigenvalue weighted by molar-refractivity contribution is 7.92. The number of aryl methyl sites for hydroxylation is 3. The zero-order valence-corrected chi connectivity index (χ0v) is 19.8. The first-order valence-electron chi connectivity index (χ1n) is 11.2. The number of benzene rings is 2. The highest BCUT2D eigenvalue weighted by Gasteiger charge is 2.30. The summed E-state index contributed by atoms with van der Waals surface area (Å²) < 4.78 is 26.3. The third-order valence-corrected chi connectivity index (χ3v) is 7.43. The number of nitrogens with one attached hydrogen (secondary N) is 1. The lowest BCUT2D eigenvalue weighted by atomic mass is 9.88. The molecular weight excluding hydrogens is 408 g/mol. The predicted octanol–water partition coefficient (Wildman–Crippen LogP) is 4.55. The van der Waals surface area contributed by atoms with E-state index in [1.807, 2.05) is 26.0 Å². The number of sulfonamides is 1. The van der Waals surface area contributed by atoms with Gasteiger partial charge >= 0.3 is 0 Å². The van der Waals surface area contributed by atoms with Gasteiger partial charge in [0.05, 0.1) is 18.0 Å². The summed E-state index contributed by atoms with van der Waals surface area (Å²) in [6.07, 6.45) is 7.39. The third-order valence-electron chi connectivity index (χ3n) is 6.19. The topological polar surface area (TPSA) is 66.5 Å². The molecule has 0 saturated heterocycles. The largest absolute Gasteiger partial charge is 0.347 e. The molecule has 0 radical (unpaired) electrons. The molecule has 2 aromatic carbocycles. The molecule has 0 heterocycles. The molecule has 1 N–H and O–H groups in total. The number of hydrogen-bond donors (Lipinski definition) is 1. The summed E-state index contributed by atoms with van der Waals surface area (Å²) in [5.41, 5.74) is 5.49. The van der Waals surface area contributed by atoms with E-state index in [2.05, 4.69) is 23.5 Å². The molecule has 2 unspecified atom stereocenters. The van der Waals surface area contributed by atoms with Crippen LogP contribution in [0.25, 0.3) is 0 Å². The van der Waals surface area contributed by atoms with Crippen LogP contribution in [0.4, 0.5) is 5.69 Å². The van der Waals surface area contributed by atoms with E-state index < -0.39 is 16.1 Å². The van der Waals surface area contributed by atoms with E-state index >= 15 is 0 Å². The van der Waals surface area contributed by atoms with E-state index in [0.29, 0.717) is 5.69 Å². The summed E-state index contributed by atoms with van der Waals surface area (Å²) >= 11 is 0. The molecule has 0 fully saturated rings. The lowest BCUT2D eigenvalue weighted by molar-refractivity contribution is -0.122. The van der Waals surface area contributed by atoms with Crippen LogP contribution < -0.4 is 9.62 Å². The number of fused-ring (bicyclic) bond motifs is 1. The Bertz CT molecular complexity index is 1020. The van der Waals surface area contributed by atoms with Crippen molar-refractivity contribution in [2.24, 2.45) is 0 Å². The van der Waals surface area contributed by atoms with E-state index in [1.54, 1.807) is 19.1 Å². The molecule has 6 heteroatoms. The Labute approximate surface area is 186 Å². The second-order valence-electron chi connectivity index (χ2n) is 8.46. The number of anilines is 1. The van der Waals surface area contributed by atoms with Crippen molar-refractivity contribution in [1.29, 1.82) is 0 Å². The molecular formula is C25H34N2O3S. The summed E-state index contributed by atoms with van der Waals surface area (Å²) in [5.74, 6) is -0.297. The maximum absolute atomic E-state index is 13.1.